The lowest BCUT2D eigenvalue weighted by Gasteiger charge is -2.36. The Hall–Kier alpha value is -0.780. The summed E-state index contributed by atoms with van der Waals surface area (Å²) in [5, 5.41) is 0. The van der Waals surface area contributed by atoms with Crippen molar-refractivity contribution in [2.45, 2.75) is 25.4 Å². The minimum Gasteiger partial charge on any atom is -0.340 e. The van der Waals surface area contributed by atoms with E-state index in [4.69, 9.17) is 0 Å². The maximum atomic E-state index is 12.3. The molecule has 2 atom stereocenters. The molecule has 2 aliphatic carbocycles. The number of carbonyl (C=O) groups excluding carboxylic acids is 1. The van der Waals surface area contributed by atoms with Crippen LogP contribution in [0.2, 0.25) is 0 Å². The Morgan fingerprint density at radius 1 is 1.00 bits per heavy atom. The fraction of sp³-hybridized carbons (Fsp3) is 0.923. The van der Waals surface area contributed by atoms with Crippen molar-refractivity contribution in [1.29, 1.82) is 0 Å². The van der Waals surface area contributed by atoms with E-state index in [0.29, 0.717) is 26.2 Å². The van der Waals surface area contributed by atoms with Crippen molar-refractivity contribution in [3.8, 4) is 0 Å². The highest BCUT2D eigenvalue weighted by molar-refractivity contribution is 5.79. The summed E-state index contributed by atoms with van der Waals surface area (Å²) < 4.78 is 36.8. The normalized spacial score (nSPS) is 35.3. The Morgan fingerprint density at radius 2 is 1.58 bits per heavy atom. The van der Waals surface area contributed by atoms with Gasteiger partial charge in [-0.15, -0.1) is 0 Å². The van der Waals surface area contributed by atoms with Crippen LogP contribution in [-0.4, -0.2) is 54.6 Å². The predicted octanol–water partition coefficient (Wildman–Crippen LogP) is 1.74. The molecule has 3 nitrogen and oxygen atoms in total. The number of hydrogen-bond acceptors (Lipinski definition) is 2. The maximum Gasteiger partial charge on any atom is 0.401 e. The van der Waals surface area contributed by atoms with Crippen molar-refractivity contribution >= 4 is 5.91 Å². The van der Waals surface area contributed by atoms with E-state index in [-0.39, 0.29) is 11.8 Å². The second-order valence-electron chi connectivity index (χ2n) is 6.14. The Bertz CT molecular complexity index is 353. The summed E-state index contributed by atoms with van der Waals surface area (Å²) in [6, 6.07) is 0. The van der Waals surface area contributed by atoms with Crippen LogP contribution >= 0.6 is 0 Å². The van der Waals surface area contributed by atoms with Crippen LogP contribution in [0.1, 0.15) is 19.3 Å². The van der Waals surface area contributed by atoms with Crippen molar-refractivity contribution in [1.82, 2.24) is 9.80 Å². The molecule has 0 bridgehead atoms. The van der Waals surface area contributed by atoms with Gasteiger partial charge in [0.2, 0.25) is 5.91 Å². The van der Waals surface area contributed by atoms with E-state index in [1.54, 1.807) is 4.90 Å². The second kappa shape index (κ2) is 4.65. The van der Waals surface area contributed by atoms with Gasteiger partial charge in [-0.3, -0.25) is 9.69 Å². The van der Waals surface area contributed by atoms with E-state index in [9.17, 15) is 18.0 Å². The third kappa shape index (κ3) is 3.04. The average Bonchev–Trinajstić information content (AvgIpc) is 2.94. The Kier molecular flexibility index (Phi) is 3.23. The minimum atomic E-state index is -4.14. The van der Waals surface area contributed by atoms with E-state index < -0.39 is 12.7 Å². The first-order valence-electron chi connectivity index (χ1n) is 7.00. The molecule has 0 aromatic carbocycles. The van der Waals surface area contributed by atoms with Gasteiger partial charge >= 0.3 is 6.18 Å². The third-order valence-electron chi connectivity index (χ3n) is 4.68. The molecule has 0 aromatic heterocycles. The zero-order valence-corrected chi connectivity index (χ0v) is 10.8. The summed E-state index contributed by atoms with van der Waals surface area (Å²) >= 11 is 0. The molecule has 0 spiro atoms. The molecule has 1 aliphatic heterocycles. The molecule has 3 rings (SSSR count). The molecular formula is C13H19F3N2O. The number of piperazine rings is 1. The Morgan fingerprint density at radius 3 is 2.11 bits per heavy atom. The van der Waals surface area contributed by atoms with E-state index in [1.807, 2.05) is 0 Å². The van der Waals surface area contributed by atoms with Crippen LogP contribution in [0.25, 0.3) is 0 Å². The fourth-order valence-corrected chi connectivity index (χ4v) is 3.55. The molecule has 19 heavy (non-hydrogen) atoms. The number of carbonyl (C=O) groups is 1. The Labute approximate surface area is 110 Å². The van der Waals surface area contributed by atoms with Crippen molar-refractivity contribution in [3.63, 3.8) is 0 Å². The van der Waals surface area contributed by atoms with Gasteiger partial charge in [-0.25, -0.2) is 0 Å². The zero-order chi connectivity index (χ0) is 13.6. The van der Waals surface area contributed by atoms with E-state index in [0.717, 1.165) is 24.7 Å². The first-order valence-corrected chi connectivity index (χ1v) is 7.00. The van der Waals surface area contributed by atoms with Gasteiger partial charge in [0.25, 0.3) is 0 Å². The number of halogens is 3. The highest BCUT2D eigenvalue weighted by atomic mass is 19.4. The number of fused-ring (bicyclic) bond motifs is 1. The van der Waals surface area contributed by atoms with Crippen LogP contribution < -0.4 is 0 Å². The lowest BCUT2D eigenvalue weighted by molar-refractivity contribution is -0.152. The van der Waals surface area contributed by atoms with Gasteiger partial charge in [-0.1, -0.05) is 0 Å². The molecule has 3 fully saturated rings. The van der Waals surface area contributed by atoms with Crippen LogP contribution in [-0.2, 0) is 4.79 Å². The fourth-order valence-electron chi connectivity index (χ4n) is 3.55. The monoisotopic (exact) mass is 276 g/mol. The second-order valence-corrected chi connectivity index (χ2v) is 6.14. The standard InChI is InChI=1S/C13H19F3N2O/c14-13(15,16)8-17-1-3-18(4-2-17)12(19)11-6-9-5-10(9)7-11/h9-11H,1-8H2. The van der Waals surface area contributed by atoms with E-state index in [1.165, 1.54) is 11.3 Å². The summed E-state index contributed by atoms with van der Waals surface area (Å²) in [5.74, 6) is 1.86. The largest absolute Gasteiger partial charge is 0.401 e. The van der Waals surface area contributed by atoms with Gasteiger partial charge in [0.1, 0.15) is 0 Å². The van der Waals surface area contributed by atoms with Crippen LogP contribution in [0.3, 0.4) is 0 Å². The van der Waals surface area contributed by atoms with E-state index in [2.05, 4.69) is 0 Å². The first kappa shape index (κ1) is 13.2. The highest BCUT2D eigenvalue weighted by Crippen LogP contribution is 2.54. The third-order valence-corrected chi connectivity index (χ3v) is 4.68. The first-order chi connectivity index (χ1) is 8.92. The van der Waals surface area contributed by atoms with E-state index >= 15 is 0 Å². The molecule has 1 heterocycles. The number of nitrogens with zero attached hydrogens (tertiary/aromatic N) is 2. The number of alkyl halides is 3. The van der Waals surface area contributed by atoms with Crippen molar-refractivity contribution < 1.29 is 18.0 Å². The van der Waals surface area contributed by atoms with Crippen LogP contribution in [0, 0.1) is 17.8 Å². The molecule has 0 radical (unpaired) electrons. The van der Waals surface area contributed by atoms with Crippen LogP contribution in [0.15, 0.2) is 0 Å². The molecule has 1 amide bonds. The average molecular weight is 276 g/mol. The quantitative estimate of drug-likeness (QED) is 0.767. The molecule has 6 heteroatoms. The lowest BCUT2D eigenvalue weighted by Crippen LogP contribution is -2.52. The molecular weight excluding hydrogens is 257 g/mol. The van der Waals surface area contributed by atoms with Gasteiger partial charge in [0.15, 0.2) is 0 Å². The number of rotatable bonds is 2. The zero-order valence-electron chi connectivity index (χ0n) is 10.8. The van der Waals surface area contributed by atoms with Crippen molar-refractivity contribution in [3.05, 3.63) is 0 Å². The summed E-state index contributed by atoms with van der Waals surface area (Å²) in [4.78, 5) is 15.4. The smallest absolute Gasteiger partial charge is 0.340 e. The van der Waals surface area contributed by atoms with Gasteiger partial charge in [0.05, 0.1) is 6.54 Å². The summed E-state index contributed by atoms with van der Waals surface area (Å²) in [6.07, 6.45) is -0.847. The predicted molar refractivity (Wildman–Crippen MR) is 63.4 cm³/mol. The van der Waals surface area contributed by atoms with Gasteiger partial charge in [-0.2, -0.15) is 13.2 Å². The summed E-state index contributed by atoms with van der Waals surface area (Å²) in [7, 11) is 0. The molecule has 0 N–H and O–H groups in total. The molecule has 0 aromatic rings. The Balaban J connectivity index is 1.46. The SMILES string of the molecule is O=C(C1CC2CC2C1)N1CCN(CC(F)(F)F)CC1. The molecule has 3 aliphatic rings. The molecule has 2 unspecified atom stereocenters. The van der Waals surface area contributed by atoms with Gasteiger partial charge in [-0.05, 0) is 31.1 Å². The molecule has 1 saturated heterocycles. The highest BCUT2D eigenvalue weighted by Gasteiger charge is 2.49. The van der Waals surface area contributed by atoms with Crippen LogP contribution in [0.5, 0.6) is 0 Å². The molecule has 108 valence electrons. The minimum absolute atomic E-state index is 0.151. The maximum absolute atomic E-state index is 12.3. The topological polar surface area (TPSA) is 23.6 Å². The summed E-state index contributed by atoms with van der Waals surface area (Å²) in [6.45, 7) is 0.708. The van der Waals surface area contributed by atoms with Crippen molar-refractivity contribution in [2.24, 2.45) is 17.8 Å². The van der Waals surface area contributed by atoms with Crippen LogP contribution in [0.4, 0.5) is 13.2 Å². The number of hydrogen-bond donors (Lipinski definition) is 0. The summed E-state index contributed by atoms with van der Waals surface area (Å²) in [5.41, 5.74) is 0. The van der Waals surface area contributed by atoms with Crippen molar-refractivity contribution in [2.75, 3.05) is 32.7 Å². The van der Waals surface area contributed by atoms with Gasteiger partial charge < -0.3 is 4.90 Å². The number of amides is 1. The van der Waals surface area contributed by atoms with Gasteiger partial charge in [0, 0.05) is 32.1 Å². The molecule has 2 saturated carbocycles. The lowest BCUT2D eigenvalue weighted by atomic mass is 10.0.